The zero-order valence-electron chi connectivity index (χ0n) is 18.4. The van der Waals surface area contributed by atoms with Gasteiger partial charge < -0.3 is 5.32 Å². The maximum absolute atomic E-state index is 14.7. The summed E-state index contributed by atoms with van der Waals surface area (Å²) in [6, 6.07) is 5.26. The van der Waals surface area contributed by atoms with Gasteiger partial charge in [0.05, 0.1) is 14.9 Å². The number of nitrogens with one attached hydrogen (secondary N) is 1. The van der Waals surface area contributed by atoms with Crippen LogP contribution in [0.3, 0.4) is 0 Å². The van der Waals surface area contributed by atoms with E-state index < -0.39 is 11.6 Å². The first-order chi connectivity index (χ1) is 15.7. The normalized spacial score (nSPS) is 24.2. The van der Waals surface area contributed by atoms with E-state index in [1.165, 1.54) is 41.0 Å². The summed E-state index contributed by atoms with van der Waals surface area (Å²) in [5.41, 5.74) is 3.19. The van der Waals surface area contributed by atoms with Crippen molar-refractivity contribution < 1.29 is 13.6 Å². The number of amides is 1. The highest BCUT2D eigenvalue weighted by molar-refractivity contribution is 7.19. The van der Waals surface area contributed by atoms with Gasteiger partial charge in [-0.2, -0.15) is 5.10 Å². The first-order valence-electron chi connectivity index (χ1n) is 11.4. The van der Waals surface area contributed by atoms with Crippen molar-refractivity contribution in [2.75, 3.05) is 6.54 Å². The molecule has 0 radical (unpaired) electrons. The maximum Gasteiger partial charge on any atom is 0.272 e. The highest BCUT2D eigenvalue weighted by Crippen LogP contribution is 2.61. The number of carbonyl (C=O) groups is 1. The number of benzene rings is 1. The molecule has 0 spiro atoms. The van der Waals surface area contributed by atoms with E-state index in [-0.39, 0.29) is 11.6 Å². The summed E-state index contributed by atoms with van der Waals surface area (Å²) in [5, 5.41) is 7.65. The molecule has 3 saturated carbocycles. The number of nitrogens with zero attached hydrogens (tertiary/aromatic N) is 2. The largest absolute Gasteiger partial charge is 0.350 e. The van der Waals surface area contributed by atoms with E-state index in [2.05, 4.69) is 24.3 Å². The number of rotatable bonds is 4. The minimum absolute atomic E-state index is 0.110. The first-order valence-corrected chi connectivity index (χ1v) is 12.6. The Hall–Kier alpha value is -2.25. The number of carbonyl (C=O) groups excluding carboxylic acids is 1. The van der Waals surface area contributed by atoms with E-state index in [9.17, 15) is 13.6 Å². The number of fused-ring (bicyclic) bond motifs is 5. The van der Waals surface area contributed by atoms with Gasteiger partial charge in [-0.25, -0.2) is 13.5 Å². The standard InChI is InChI=1S/C25H24ClF2N3OS/c1-25(2)14-4-3-12(17(25)9-14)11-29-24(32)21-16-7-13-8-20(26)33-23(13)22(16)31(30-21)19-6-5-15(27)10-18(19)28/h5-6,8,10,12,14,17H,3-4,7,9,11H2,1-2H3,(H,29,32). The lowest BCUT2D eigenvalue weighted by atomic mass is 9.45. The van der Waals surface area contributed by atoms with Gasteiger partial charge in [-0.15, -0.1) is 11.3 Å². The Morgan fingerprint density at radius 1 is 1.30 bits per heavy atom. The average molecular weight is 488 g/mol. The SMILES string of the molecule is CC1(C)C2CCC(CNC(=O)c3nn(-c4ccc(F)cc4F)c4c3Cc3cc(Cl)sc3-4)C1C2. The fourth-order valence-electron chi connectivity index (χ4n) is 6.29. The van der Waals surface area contributed by atoms with Crippen molar-refractivity contribution in [1.29, 1.82) is 0 Å². The summed E-state index contributed by atoms with van der Waals surface area (Å²) >= 11 is 7.61. The molecule has 1 aromatic carbocycles. The first kappa shape index (κ1) is 21.3. The van der Waals surface area contributed by atoms with Crippen LogP contribution in [0, 0.1) is 34.8 Å². The van der Waals surface area contributed by atoms with Gasteiger partial charge in [0.25, 0.3) is 5.91 Å². The van der Waals surface area contributed by atoms with Crippen LogP contribution in [0.25, 0.3) is 16.3 Å². The topological polar surface area (TPSA) is 46.9 Å². The van der Waals surface area contributed by atoms with Crippen LogP contribution in [0.2, 0.25) is 4.34 Å². The second-order valence-electron chi connectivity index (χ2n) is 10.2. The Bertz CT molecular complexity index is 1300. The summed E-state index contributed by atoms with van der Waals surface area (Å²) < 4.78 is 30.3. The van der Waals surface area contributed by atoms with Crippen molar-refractivity contribution in [1.82, 2.24) is 15.1 Å². The average Bonchev–Trinajstić information content (AvgIpc) is 3.41. The molecule has 2 aromatic heterocycles. The van der Waals surface area contributed by atoms with E-state index in [1.807, 2.05) is 6.07 Å². The molecule has 0 saturated heterocycles. The highest BCUT2D eigenvalue weighted by atomic mass is 35.5. The Morgan fingerprint density at radius 3 is 2.85 bits per heavy atom. The van der Waals surface area contributed by atoms with Crippen LogP contribution in [0.15, 0.2) is 24.3 Å². The van der Waals surface area contributed by atoms with Gasteiger partial charge in [0.2, 0.25) is 0 Å². The van der Waals surface area contributed by atoms with Crippen molar-refractivity contribution in [3.63, 3.8) is 0 Å². The van der Waals surface area contributed by atoms with Crippen molar-refractivity contribution in [3.05, 3.63) is 57.1 Å². The number of aromatic nitrogens is 2. The van der Waals surface area contributed by atoms with Crippen LogP contribution in [-0.4, -0.2) is 22.2 Å². The molecule has 3 fully saturated rings. The van der Waals surface area contributed by atoms with Gasteiger partial charge in [-0.3, -0.25) is 4.79 Å². The highest BCUT2D eigenvalue weighted by Gasteiger charge is 2.54. The molecular weight excluding hydrogens is 464 g/mol. The van der Waals surface area contributed by atoms with Crippen LogP contribution in [0.4, 0.5) is 8.78 Å². The zero-order valence-corrected chi connectivity index (χ0v) is 20.0. The minimum Gasteiger partial charge on any atom is -0.350 e. The smallest absolute Gasteiger partial charge is 0.272 e. The van der Waals surface area contributed by atoms with E-state index in [0.29, 0.717) is 45.9 Å². The fourth-order valence-corrected chi connectivity index (χ4v) is 7.62. The number of thiophene rings is 1. The van der Waals surface area contributed by atoms with Crippen molar-refractivity contribution in [3.8, 4) is 16.3 Å². The van der Waals surface area contributed by atoms with Crippen LogP contribution in [0.1, 0.15) is 54.7 Å². The third kappa shape index (κ3) is 3.19. The molecule has 172 valence electrons. The summed E-state index contributed by atoms with van der Waals surface area (Å²) in [5.74, 6) is 0.290. The maximum atomic E-state index is 14.7. The lowest BCUT2D eigenvalue weighted by Crippen LogP contribution is -2.54. The molecule has 33 heavy (non-hydrogen) atoms. The minimum atomic E-state index is -0.729. The molecule has 8 heteroatoms. The molecule has 2 bridgehead atoms. The molecule has 0 aliphatic heterocycles. The third-order valence-electron chi connectivity index (χ3n) is 8.22. The Kier molecular flexibility index (Phi) is 4.76. The zero-order chi connectivity index (χ0) is 23.1. The second kappa shape index (κ2) is 7.37. The Labute approximate surface area is 200 Å². The van der Waals surface area contributed by atoms with Gasteiger partial charge >= 0.3 is 0 Å². The summed E-state index contributed by atoms with van der Waals surface area (Å²) in [6.07, 6.45) is 4.13. The summed E-state index contributed by atoms with van der Waals surface area (Å²) in [7, 11) is 0. The van der Waals surface area contributed by atoms with Gasteiger partial charge in [-0.05, 0) is 66.2 Å². The molecular formula is C25H24ClF2N3OS. The number of hydrogen-bond acceptors (Lipinski definition) is 3. The molecule has 2 heterocycles. The van der Waals surface area contributed by atoms with Gasteiger partial charge in [-0.1, -0.05) is 25.4 Å². The summed E-state index contributed by atoms with van der Waals surface area (Å²) in [6.45, 7) is 5.31. The van der Waals surface area contributed by atoms with E-state index in [0.717, 1.165) is 34.4 Å². The van der Waals surface area contributed by atoms with Gasteiger partial charge in [0.1, 0.15) is 11.5 Å². The molecule has 4 aliphatic rings. The number of hydrogen-bond donors (Lipinski definition) is 1. The lowest BCUT2D eigenvalue weighted by molar-refractivity contribution is -0.103. The van der Waals surface area contributed by atoms with Gasteiger partial charge in [0.15, 0.2) is 11.5 Å². The molecule has 4 nitrogen and oxygen atoms in total. The van der Waals surface area contributed by atoms with Crippen LogP contribution in [0.5, 0.6) is 0 Å². The molecule has 3 unspecified atom stereocenters. The quantitative estimate of drug-likeness (QED) is 0.370. The number of halogens is 3. The van der Waals surface area contributed by atoms with E-state index in [4.69, 9.17) is 11.6 Å². The van der Waals surface area contributed by atoms with E-state index in [1.54, 1.807) is 0 Å². The molecule has 1 N–H and O–H groups in total. The third-order valence-corrected chi connectivity index (χ3v) is 9.54. The Balaban J connectivity index is 1.33. The molecule has 7 rings (SSSR count). The van der Waals surface area contributed by atoms with Gasteiger partial charge in [0, 0.05) is 24.6 Å². The Morgan fingerprint density at radius 2 is 2.12 bits per heavy atom. The fraction of sp³-hybridized carbons (Fsp3) is 0.440. The van der Waals surface area contributed by atoms with Crippen molar-refractivity contribution in [2.24, 2.45) is 23.2 Å². The summed E-state index contributed by atoms with van der Waals surface area (Å²) in [4.78, 5) is 14.2. The molecule has 4 aliphatic carbocycles. The van der Waals surface area contributed by atoms with E-state index >= 15 is 0 Å². The van der Waals surface area contributed by atoms with Crippen LogP contribution >= 0.6 is 22.9 Å². The molecule has 3 atom stereocenters. The lowest BCUT2D eigenvalue weighted by Gasteiger charge is -2.60. The molecule has 3 aromatic rings. The monoisotopic (exact) mass is 487 g/mol. The van der Waals surface area contributed by atoms with Crippen molar-refractivity contribution in [2.45, 2.75) is 39.5 Å². The predicted octanol–water partition coefficient (Wildman–Crippen LogP) is 6.24. The van der Waals surface area contributed by atoms with Crippen LogP contribution in [-0.2, 0) is 6.42 Å². The van der Waals surface area contributed by atoms with Crippen LogP contribution < -0.4 is 5.32 Å². The predicted molar refractivity (Wildman–Crippen MR) is 125 cm³/mol. The second-order valence-corrected chi connectivity index (χ2v) is 11.9. The molecule has 1 amide bonds. The van der Waals surface area contributed by atoms with Crippen molar-refractivity contribution >= 4 is 28.8 Å².